The minimum Gasteiger partial charge on any atom is -0.388 e. The number of hydrogen-bond acceptors (Lipinski definition) is 2. The van der Waals surface area contributed by atoms with E-state index in [1.54, 1.807) is 6.07 Å². The second-order valence-electron chi connectivity index (χ2n) is 4.73. The van der Waals surface area contributed by atoms with Crippen molar-refractivity contribution >= 4 is 11.6 Å². The molecule has 76 valence electrons. The van der Waals surface area contributed by atoms with E-state index < -0.39 is 6.10 Å². The summed E-state index contributed by atoms with van der Waals surface area (Å²) in [4.78, 5) is 4.27. The highest BCUT2D eigenvalue weighted by Crippen LogP contribution is 2.40. The molecule has 0 radical (unpaired) electrons. The first-order valence-electron chi connectivity index (χ1n) is 4.81. The zero-order chi connectivity index (χ0) is 10.3. The fourth-order valence-corrected chi connectivity index (χ4v) is 2.25. The Hall–Kier alpha value is -0.600. The number of rotatable bonds is 0. The second-order valence-corrected chi connectivity index (χ2v) is 5.12. The fraction of sp³-hybridized carbons (Fsp3) is 0.545. The van der Waals surface area contributed by atoms with Crippen molar-refractivity contribution in [1.82, 2.24) is 4.98 Å². The van der Waals surface area contributed by atoms with E-state index in [0.29, 0.717) is 5.15 Å². The molecule has 1 unspecified atom stereocenters. The predicted molar refractivity (Wildman–Crippen MR) is 56.3 cm³/mol. The van der Waals surface area contributed by atoms with Gasteiger partial charge in [-0.25, -0.2) is 4.98 Å². The Balaban J connectivity index is 2.46. The zero-order valence-corrected chi connectivity index (χ0v) is 9.17. The van der Waals surface area contributed by atoms with Crippen LogP contribution in [0.15, 0.2) is 12.1 Å². The van der Waals surface area contributed by atoms with Gasteiger partial charge in [-0.3, -0.25) is 0 Å². The van der Waals surface area contributed by atoms with E-state index in [1.807, 2.05) is 6.07 Å². The third-order valence-corrected chi connectivity index (χ3v) is 2.94. The molecule has 0 aliphatic heterocycles. The van der Waals surface area contributed by atoms with Crippen molar-refractivity contribution in [1.29, 1.82) is 0 Å². The van der Waals surface area contributed by atoms with Gasteiger partial charge in [-0.15, -0.1) is 0 Å². The average Bonchev–Trinajstić information content (AvgIpc) is 2.00. The minimum absolute atomic E-state index is 0.115. The summed E-state index contributed by atoms with van der Waals surface area (Å²) < 4.78 is 0. The van der Waals surface area contributed by atoms with Crippen molar-refractivity contribution in [3.8, 4) is 0 Å². The maximum absolute atomic E-state index is 9.90. The summed E-state index contributed by atoms with van der Waals surface area (Å²) >= 11 is 5.82. The van der Waals surface area contributed by atoms with Crippen LogP contribution in [0, 0.1) is 5.41 Å². The molecule has 0 aromatic carbocycles. The summed E-state index contributed by atoms with van der Waals surface area (Å²) in [5, 5.41) is 10.4. The van der Waals surface area contributed by atoms with Crippen LogP contribution in [-0.4, -0.2) is 10.1 Å². The Labute approximate surface area is 88.9 Å². The van der Waals surface area contributed by atoms with Crippen molar-refractivity contribution in [2.75, 3.05) is 0 Å². The summed E-state index contributed by atoms with van der Waals surface area (Å²) in [6, 6.07) is 3.62. The number of nitrogens with zero attached hydrogens (tertiary/aromatic N) is 1. The molecule has 1 aromatic rings. The predicted octanol–water partition coefficient (Wildman–Crippen LogP) is 2.74. The highest BCUT2D eigenvalue weighted by molar-refractivity contribution is 6.29. The molecule has 2 nitrogen and oxygen atoms in total. The van der Waals surface area contributed by atoms with Crippen LogP contribution in [0.5, 0.6) is 0 Å². The summed E-state index contributed by atoms with van der Waals surface area (Å²) in [6.07, 6.45) is 1.29. The summed E-state index contributed by atoms with van der Waals surface area (Å²) in [7, 11) is 0. The van der Waals surface area contributed by atoms with Gasteiger partial charge in [-0.05, 0) is 24.3 Å². The van der Waals surface area contributed by atoms with Gasteiger partial charge in [-0.2, -0.15) is 0 Å². The van der Waals surface area contributed by atoms with Crippen LogP contribution < -0.4 is 0 Å². The van der Waals surface area contributed by atoms with Gasteiger partial charge in [0, 0.05) is 11.3 Å². The largest absolute Gasteiger partial charge is 0.388 e. The number of hydrogen-bond donors (Lipinski definition) is 1. The van der Waals surface area contributed by atoms with E-state index in [-0.39, 0.29) is 5.41 Å². The lowest BCUT2D eigenvalue weighted by Crippen LogP contribution is -2.26. The monoisotopic (exact) mass is 211 g/mol. The lowest BCUT2D eigenvalue weighted by atomic mass is 9.75. The molecule has 1 heterocycles. The molecule has 1 atom stereocenters. The summed E-state index contributed by atoms with van der Waals surface area (Å²) in [5.41, 5.74) is 2.00. The van der Waals surface area contributed by atoms with Crippen LogP contribution in [-0.2, 0) is 6.42 Å². The first kappa shape index (κ1) is 9.94. The smallest absolute Gasteiger partial charge is 0.129 e. The minimum atomic E-state index is -0.390. The summed E-state index contributed by atoms with van der Waals surface area (Å²) in [5.74, 6) is 0. The zero-order valence-electron chi connectivity index (χ0n) is 8.42. The molecular formula is C11H14ClNO. The highest BCUT2D eigenvalue weighted by atomic mass is 35.5. The highest BCUT2D eigenvalue weighted by Gasteiger charge is 2.31. The molecule has 0 saturated carbocycles. The van der Waals surface area contributed by atoms with Gasteiger partial charge < -0.3 is 5.11 Å². The van der Waals surface area contributed by atoms with Gasteiger partial charge >= 0.3 is 0 Å². The van der Waals surface area contributed by atoms with Crippen molar-refractivity contribution in [3.63, 3.8) is 0 Å². The number of pyridine rings is 1. The third-order valence-electron chi connectivity index (χ3n) is 2.73. The molecule has 0 amide bonds. The molecule has 14 heavy (non-hydrogen) atoms. The Kier molecular flexibility index (Phi) is 2.28. The number of aliphatic hydroxyl groups is 1. The van der Waals surface area contributed by atoms with Gasteiger partial charge in [0.05, 0.1) is 6.10 Å². The van der Waals surface area contributed by atoms with E-state index in [1.165, 1.54) is 0 Å². The van der Waals surface area contributed by atoms with Gasteiger partial charge in [0.2, 0.25) is 0 Å². The Morgan fingerprint density at radius 2 is 2.21 bits per heavy atom. The Bertz CT molecular complexity index is 362. The van der Waals surface area contributed by atoms with Crippen LogP contribution in [0.2, 0.25) is 5.15 Å². The average molecular weight is 212 g/mol. The van der Waals surface area contributed by atoms with E-state index in [0.717, 1.165) is 24.1 Å². The normalized spacial score (nSPS) is 24.4. The Morgan fingerprint density at radius 1 is 1.50 bits per heavy atom. The second kappa shape index (κ2) is 3.21. The first-order chi connectivity index (χ1) is 6.48. The van der Waals surface area contributed by atoms with Crippen molar-refractivity contribution in [2.24, 2.45) is 5.41 Å². The molecule has 0 saturated heterocycles. The maximum Gasteiger partial charge on any atom is 0.129 e. The quantitative estimate of drug-likeness (QED) is 0.670. The molecule has 1 N–H and O–H groups in total. The SMILES string of the molecule is CC1(C)Cc2nc(Cl)ccc2C(O)C1. The molecule has 1 aliphatic carbocycles. The van der Waals surface area contributed by atoms with E-state index in [9.17, 15) is 5.11 Å². The van der Waals surface area contributed by atoms with Gasteiger partial charge in [0.15, 0.2) is 0 Å². The first-order valence-corrected chi connectivity index (χ1v) is 5.19. The Morgan fingerprint density at radius 3 is 2.93 bits per heavy atom. The van der Waals surface area contributed by atoms with Crippen molar-refractivity contribution < 1.29 is 5.11 Å². The van der Waals surface area contributed by atoms with Crippen molar-refractivity contribution in [3.05, 3.63) is 28.5 Å². The number of aliphatic hydroxyl groups excluding tert-OH is 1. The lowest BCUT2D eigenvalue weighted by molar-refractivity contribution is 0.0982. The third kappa shape index (κ3) is 1.77. The standard InChI is InChI=1S/C11H14ClNO/c1-11(2)5-8-7(9(14)6-11)3-4-10(12)13-8/h3-4,9,14H,5-6H2,1-2H3. The van der Waals surface area contributed by atoms with E-state index >= 15 is 0 Å². The molecular weight excluding hydrogens is 198 g/mol. The summed E-state index contributed by atoms with van der Waals surface area (Å²) in [6.45, 7) is 4.28. The van der Waals surface area contributed by atoms with Crippen molar-refractivity contribution in [2.45, 2.75) is 32.8 Å². The lowest BCUT2D eigenvalue weighted by Gasteiger charge is -2.33. The molecule has 0 spiro atoms. The van der Waals surface area contributed by atoms with E-state index in [4.69, 9.17) is 11.6 Å². The number of aromatic nitrogens is 1. The van der Waals surface area contributed by atoms with Gasteiger partial charge in [0.1, 0.15) is 5.15 Å². The van der Waals surface area contributed by atoms with Crippen LogP contribution in [0.3, 0.4) is 0 Å². The van der Waals surface area contributed by atoms with Gasteiger partial charge in [-0.1, -0.05) is 31.5 Å². The maximum atomic E-state index is 9.90. The molecule has 3 heteroatoms. The van der Waals surface area contributed by atoms with Gasteiger partial charge in [0.25, 0.3) is 0 Å². The molecule has 0 bridgehead atoms. The fourth-order valence-electron chi connectivity index (χ4n) is 2.09. The number of fused-ring (bicyclic) bond motifs is 1. The molecule has 2 rings (SSSR count). The van der Waals surface area contributed by atoms with Crippen LogP contribution in [0.25, 0.3) is 0 Å². The molecule has 1 aromatic heterocycles. The number of halogens is 1. The molecule has 0 fully saturated rings. The van der Waals surface area contributed by atoms with Crippen LogP contribution in [0.1, 0.15) is 37.6 Å². The van der Waals surface area contributed by atoms with Crippen LogP contribution in [0.4, 0.5) is 0 Å². The molecule has 1 aliphatic rings. The topological polar surface area (TPSA) is 33.1 Å². The van der Waals surface area contributed by atoms with E-state index in [2.05, 4.69) is 18.8 Å². The van der Waals surface area contributed by atoms with Crippen LogP contribution >= 0.6 is 11.6 Å².